The predicted molar refractivity (Wildman–Crippen MR) is 104 cm³/mol. The molecule has 2 N–H and O–H groups in total. The summed E-state index contributed by atoms with van der Waals surface area (Å²) in [5.74, 6) is -0.619. The number of aromatic nitrogens is 1. The number of fused-ring (bicyclic) bond motifs is 1. The van der Waals surface area contributed by atoms with Crippen molar-refractivity contribution < 1.29 is 17.6 Å². The van der Waals surface area contributed by atoms with Crippen LogP contribution >= 0.6 is 0 Å². The normalized spacial score (nSPS) is 17.0. The SMILES string of the molecule is O=c1[nH]c2ccc(S(=O)(=O)N[C@@H](CN3CCOCC3)c3ccccc3)cc2o1. The van der Waals surface area contributed by atoms with E-state index in [0.29, 0.717) is 25.3 Å². The Morgan fingerprint density at radius 1 is 1.11 bits per heavy atom. The van der Waals surface area contributed by atoms with Gasteiger partial charge in [-0.2, -0.15) is 0 Å². The fourth-order valence-corrected chi connectivity index (χ4v) is 4.52. The molecule has 0 amide bonds. The quantitative estimate of drug-likeness (QED) is 0.646. The molecule has 1 aliphatic heterocycles. The van der Waals surface area contributed by atoms with Gasteiger partial charge in [0.25, 0.3) is 0 Å². The lowest BCUT2D eigenvalue weighted by atomic mass is 10.1. The summed E-state index contributed by atoms with van der Waals surface area (Å²) in [5, 5.41) is 0. The maximum atomic E-state index is 13.0. The van der Waals surface area contributed by atoms with Crippen molar-refractivity contribution in [2.45, 2.75) is 10.9 Å². The zero-order valence-electron chi connectivity index (χ0n) is 15.1. The minimum Gasteiger partial charge on any atom is -0.408 e. The number of hydrogen-bond donors (Lipinski definition) is 2. The molecule has 4 rings (SSSR count). The molecule has 0 spiro atoms. The molecule has 9 heteroatoms. The van der Waals surface area contributed by atoms with Gasteiger partial charge in [-0.1, -0.05) is 30.3 Å². The zero-order chi connectivity index (χ0) is 19.6. The smallest absolute Gasteiger partial charge is 0.408 e. The van der Waals surface area contributed by atoms with E-state index in [1.807, 2.05) is 30.3 Å². The Morgan fingerprint density at radius 2 is 1.86 bits per heavy atom. The van der Waals surface area contributed by atoms with Gasteiger partial charge < -0.3 is 9.15 Å². The van der Waals surface area contributed by atoms with Gasteiger partial charge in [-0.25, -0.2) is 17.9 Å². The van der Waals surface area contributed by atoms with Crippen LogP contribution in [0, 0.1) is 0 Å². The average Bonchev–Trinajstić information content (AvgIpc) is 3.08. The Labute approximate surface area is 162 Å². The molecule has 1 atom stereocenters. The largest absolute Gasteiger partial charge is 0.417 e. The van der Waals surface area contributed by atoms with Crippen molar-refractivity contribution in [2.24, 2.45) is 0 Å². The summed E-state index contributed by atoms with van der Waals surface area (Å²) in [6.45, 7) is 3.32. The summed E-state index contributed by atoms with van der Waals surface area (Å²) in [5.41, 5.74) is 1.54. The summed E-state index contributed by atoms with van der Waals surface area (Å²) >= 11 is 0. The van der Waals surface area contributed by atoms with Crippen LogP contribution in [0.2, 0.25) is 0 Å². The Bertz CT molecular complexity index is 1100. The van der Waals surface area contributed by atoms with Crippen LogP contribution in [0.1, 0.15) is 11.6 Å². The standard InChI is InChI=1S/C19H21N3O5S/c23-19-20-16-7-6-15(12-18(16)27-19)28(24,25)21-17(14-4-2-1-3-5-14)13-22-8-10-26-11-9-22/h1-7,12,17,21H,8-11,13H2,(H,20,23)/t17-/m0/s1. The number of benzene rings is 2. The first-order chi connectivity index (χ1) is 13.5. The van der Waals surface area contributed by atoms with Crippen molar-refractivity contribution >= 4 is 21.1 Å². The topological polar surface area (TPSA) is 105 Å². The molecule has 1 saturated heterocycles. The van der Waals surface area contributed by atoms with Gasteiger partial charge in [0.2, 0.25) is 10.0 Å². The van der Waals surface area contributed by atoms with Crippen molar-refractivity contribution in [1.29, 1.82) is 0 Å². The van der Waals surface area contributed by atoms with Crippen LogP contribution in [-0.4, -0.2) is 51.1 Å². The number of hydrogen-bond acceptors (Lipinski definition) is 6. The van der Waals surface area contributed by atoms with Gasteiger partial charge >= 0.3 is 5.76 Å². The number of H-pyrrole nitrogens is 1. The Hall–Kier alpha value is -2.46. The van der Waals surface area contributed by atoms with Crippen molar-refractivity contribution in [2.75, 3.05) is 32.8 Å². The van der Waals surface area contributed by atoms with Crippen LogP contribution in [0.4, 0.5) is 0 Å². The third-order valence-corrected chi connectivity index (χ3v) is 6.22. The van der Waals surface area contributed by atoms with E-state index in [2.05, 4.69) is 14.6 Å². The van der Waals surface area contributed by atoms with Crippen LogP contribution in [0.5, 0.6) is 0 Å². The van der Waals surface area contributed by atoms with E-state index >= 15 is 0 Å². The van der Waals surface area contributed by atoms with E-state index in [-0.39, 0.29) is 10.5 Å². The molecule has 2 aromatic carbocycles. The molecule has 8 nitrogen and oxygen atoms in total. The lowest BCUT2D eigenvalue weighted by Crippen LogP contribution is -2.43. The summed E-state index contributed by atoms with van der Waals surface area (Å²) in [7, 11) is -3.82. The molecule has 0 bridgehead atoms. The number of morpholine rings is 1. The summed E-state index contributed by atoms with van der Waals surface area (Å²) in [4.78, 5) is 16.1. The minimum absolute atomic E-state index is 0.0469. The summed E-state index contributed by atoms with van der Waals surface area (Å²) in [6, 6.07) is 13.4. The number of sulfonamides is 1. The number of nitrogens with zero attached hydrogens (tertiary/aromatic N) is 1. The molecular weight excluding hydrogens is 382 g/mol. The van der Waals surface area contributed by atoms with Crippen molar-refractivity contribution in [3.63, 3.8) is 0 Å². The van der Waals surface area contributed by atoms with Crippen molar-refractivity contribution in [3.8, 4) is 0 Å². The van der Waals surface area contributed by atoms with E-state index in [1.165, 1.54) is 18.2 Å². The predicted octanol–water partition coefficient (Wildman–Crippen LogP) is 1.47. The number of ether oxygens (including phenoxy) is 1. The molecule has 0 unspecified atom stereocenters. The second-order valence-corrected chi connectivity index (χ2v) is 8.38. The van der Waals surface area contributed by atoms with Gasteiger partial charge in [0.1, 0.15) is 0 Å². The number of nitrogens with one attached hydrogen (secondary N) is 2. The van der Waals surface area contributed by atoms with Crippen molar-refractivity contribution in [3.05, 3.63) is 64.6 Å². The highest BCUT2D eigenvalue weighted by molar-refractivity contribution is 7.89. The maximum Gasteiger partial charge on any atom is 0.417 e. The Kier molecular flexibility index (Phi) is 5.31. The molecule has 0 aliphatic carbocycles. The number of oxazole rings is 1. The monoisotopic (exact) mass is 403 g/mol. The van der Waals surface area contributed by atoms with Crippen LogP contribution in [-0.2, 0) is 14.8 Å². The molecular formula is C19H21N3O5S. The van der Waals surface area contributed by atoms with E-state index in [1.54, 1.807) is 0 Å². The molecule has 3 aromatic rings. The second kappa shape index (κ2) is 7.88. The molecule has 1 fully saturated rings. The van der Waals surface area contributed by atoms with E-state index in [4.69, 9.17) is 9.15 Å². The van der Waals surface area contributed by atoms with Gasteiger partial charge in [0.15, 0.2) is 5.58 Å². The first kappa shape index (κ1) is 18.9. The first-order valence-corrected chi connectivity index (χ1v) is 10.5. The van der Waals surface area contributed by atoms with Crippen LogP contribution in [0.15, 0.2) is 62.6 Å². The summed E-state index contributed by atoms with van der Waals surface area (Å²) < 4.78 is 39.2. The fourth-order valence-electron chi connectivity index (χ4n) is 3.29. The van der Waals surface area contributed by atoms with E-state index in [0.717, 1.165) is 18.7 Å². The van der Waals surface area contributed by atoms with Crippen LogP contribution in [0.25, 0.3) is 11.1 Å². The minimum atomic E-state index is -3.82. The molecule has 0 saturated carbocycles. The highest BCUT2D eigenvalue weighted by atomic mass is 32.2. The molecule has 1 aliphatic rings. The maximum absolute atomic E-state index is 13.0. The van der Waals surface area contributed by atoms with E-state index < -0.39 is 21.8 Å². The number of aromatic amines is 1. The summed E-state index contributed by atoms with van der Waals surface area (Å²) in [6.07, 6.45) is 0. The Balaban J connectivity index is 1.62. The van der Waals surface area contributed by atoms with Gasteiger partial charge in [0.05, 0.1) is 29.7 Å². The lowest BCUT2D eigenvalue weighted by Gasteiger charge is -2.31. The lowest BCUT2D eigenvalue weighted by molar-refractivity contribution is 0.0345. The average molecular weight is 403 g/mol. The molecule has 0 radical (unpaired) electrons. The molecule has 28 heavy (non-hydrogen) atoms. The van der Waals surface area contributed by atoms with Gasteiger partial charge in [-0.05, 0) is 17.7 Å². The second-order valence-electron chi connectivity index (χ2n) is 6.67. The van der Waals surface area contributed by atoms with Crippen molar-refractivity contribution in [1.82, 2.24) is 14.6 Å². The number of rotatable bonds is 6. The third kappa shape index (κ3) is 4.17. The van der Waals surface area contributed by atoms with Gasteiger partial charge in [0, 0.05) is 25.7 Å². The highest BCUT2D eigenvalue weighted by Crippen LogP contribution is 2.21. The third-order valence-electron chi connectivity index (χ3n) is 4.75. The first-order valence-electron chi connectivity index (χ1n) is 9.01. The van der Waals surface area contributed by atoms with E-state index in [9.17, 15) is 13.2 Å². The Morgan fingerprint density at radius 3 is 2.61 bits per heavy atom. The fraction of sp³-hybridized carbons (Fsp3) is 0.316. The van der Waals surface area contributed by atoms with Gasteiger partial charge in [-0.3, -0.25) is 9.88 Å². The molecule has 148 valence electrons. The van der Waals surface area contributed by atoms with Crippen LogP contribution < -0.4 is 10.5 Å². The zero-order valence-corrected chi connectivity index (χ0v) is 15.9. The highest BCUT2D eigenvalue weighted by Gasteiger charge is 2.25. The van der Waals surface area contributed by atoms with Gasteiger partial charge in [-0.15, -0.1) is 0 Å². The molecule has 2 heterocycles. The molecule has 1 aromatic heterocycles. The van der Waals surface area contributed by atoms with Crippen LogP contribution in [0.3, 0.4) is 0 Å².